The van der Waals surface area contributed by atoms with Crippen molar-refractivity contribution in [3.63, 3.8) is 0 Å². The quantitative estimate of drug-likeness (QED) is 0.0913. The Bertz CT molecular complexity index is 1830. The third kappa shape index (κ3) is 7.51. The van der Waals surface area contributed by atoms with Crippen LogP contribution in [0.4, 0.5) is 0 Å². The van der Waals surface area contributed by atoms with Crippen molar-refractivity contribution in [2.75, 3.05) is 13.2 Å². The van der Waals surface area contributed by atoms with E-state index in [0.717, 1.165) is 32.1 Å². The number of ether oxygens (including phenoxy) is 8. The van der Waals surface area contributed by atoms with Gasteiger partial charge in [0.1, 0.15) is 18.3 Å². The molecule has 0 radical (unpaired) electrons. The van der Waals surface area contributed by atoms with Crippen molar-refractivity contribution in [1.29, 1.82) is 0 Å². The molecule has 8 aliphatic rings. The fraction of sp³-hybridized carbons (Fsp3) is 0.896. The third-order valence-corrected chi connectivity index (χ3v) is 18.3. The van der Waals surface area contributed by atoms with Gasteiger partial charge in [0, 0.05) is 25.8 Å². The number of rotatable bonds is 10. The lowest BCUT2D eigenvalue weighted by atomic mass is 9.41. The molecule has 16 nitrogen and oxygen atoms in total. The van der Waals surface area contributed by atoms with Crippen molar-refractivity contribution in [3.8, 4) is 0 Å². The number of aliphatic hydroxyl groups is 5. The Morgan fingerprint density at radius 3 is 2.03 bits per heavy atom. The summed E-state index contributed by atoms with van der Waals surface area (Å²) in [6.07, 6.45) is -2.84. The number of fused-ring (bicyclic) bond motifs is 2. The van der Waals surface area contributed by atoms with Crippen LogP contribution in [0.2, 0.25) is 0 Å². The lowest BCUT2D eigenvalue weighted by Crippen LogP contribution is -2.65. The first-order chi connectivity index (χ1) is 29.8. The summed E-state index contributed by atoms with van der Waals surface area (Å²) in [5.41, 5.74) is -3.33. The van der Waals surface area contributed by atoms with Crippen LogP contribution >= 0.6 is 0 Å². The van der Waals surface area contributed by atoms with Crippen molar-refractivity contribution in [2.45, 2.75) is 212 Å². The maximum absolute atomic E-state index is 12.6. The van der Waals surface area contributed by atoms with Crippen molar-refractivity contribution in [2.24, 2.45) is 44.8 Å². The fourth-order valence-electron chi connectivity index (χ4n) is 15.6. The highest BCUT2D eigenvalue weighted by Crippen LogP contribution is 2.89. The molecule has 0 aromatic rings. The minimum absolute atomic E-state index is 0.0937. The molecule has 3 saturated heterocycles. The second-order valence-corrected chi connectivity index (χ2v) is 22.7. The third-order valence-electron chi connectivity index (χ3n) is 18.3. The first-order valence-corrected chi connectivity index (χ1v) is 23.6. The van der Waals surface area contributed by atoms with Crippen LogP contribution in [-0.2, 0) is 52.3 Å². The van der Waals surface area contributed by atoms with E-state index in [1.165, 1.54) is 26.0 Å². The summed E-state index contributed by atoms with van der Waals surface area (Å²) in [6, 6.07) is 0. The lowest BCUT2D eigenvalue weighted by Gasteiger charge is -2.65. The molecule has 0 aromatic carbocycles. The molecule has 8 fully saturated rings. The first kappa shape index (κ1) is 48.2. The Labute approximate surface area is 377 Å². The van der Waals surface area contributed by atoms with Gasteiger partial charge in [-0.25, -0.2) is 4.79 Å². The maximum atomic E-state index is 12.6. The van der Waals surface area contributed by atoms with Crippen molar-refractivity contribution >= 4 is 17.9 Å². The number of esters is 3. The van der Waals surface area contributed by atoms with Gasteiger partial charge < -0.3 is 63.4 Å². The smallest absolute Gasteiger partial charge is 0.330 e. The second kappa shape index (κ2) is 16.5. The summed E-state index contributed by atoms with van der Waals surface area (Å²) in [5.74, 6) is -2.28. The summed E-state index contributed by atoms with van der Waals surface area (Å²) in [5, 5.41) is 55.8. The molecule has 5 N–H and O–H groups in total. The van der Waals surface area contributed by atoms with Crippen LogP contribution in [0.3, 0.4) is 0 Å². The summed E-state index contributed by atoms with van der Waals surface area (Å²) in [4.78, 5) is 37.6. The molecule has 20 atom stereocenters. The lowest BCUT2D eigenvalue weighted by molar-refractivity contribution is -0.327. The van der Waals surface area contributed by atoms with Crippen LogP contribution in [0, 0.1) is 44.8 Å². The van der Waals surface area contributed by atoms with Crippen LogP contribution < -0.4 is 0 Å². The van der Waals surface area contributed by atoms with Gasteiger partial charge in [0.2, 0.25) is 0 Å². The molecule has 5 aliphatic carbocycles. The van der Waals surface area contributed by atoms with Crippen LogP contribution in [0.1, 0.15) is 127 Å². The highest BCUT2D eigenvalue weighted by Gasteiger charge is 2.85. The van der Waals surface area contributed by atoms with E-state index >= 15 is 0 Å². The largest absolute Gasteiger partial charge is 0.454 e. The molecule has 64 heavy (non-hydrogen) atoms. The maximum Gasteiger partial charge on any atom is 0.330 e. The van der Waals surface area contributed by atoms with E-state index in [2.05, 4.69) is 34.6 Å². The van der Waals surface area contributed by atoms with E-state index in [0.29, 0.717) is 25.7 Å². The molecule has 8 rings (SSSR count). The molecular weight excluding hydrogens is 833 g/mol. The number of hydrogen-bond donors (Lipinski definition) is 5. The number of allylic oxidation sites excluding steroid dienone is 1. The van der Waals surface area contributed by atoms with Crippen LogP contribution in [0.5, 0.6) is 0 Å². The van der Waals surface area contributed by atoms with E-state index < -0.39 is 102 Å². The molecule has 3 heterocycles. The van der Waals surface area contributed by atoms with Gasteiger partial charge in [-0.15, -0.1) is 0 Å². The number of carbonyl (C=O) groups is 3. The Balaban J connectivity index is 1.12. The van der Waals surface area contributed by atoms with E-state index in [9.17, 15) is 39.9 Å². The standard InChI is InChI=1S/C48H74O16/c1-11-12-33(53)61-29-22-58-41(37(60-25(3)50)36(29)59-24(2)49)63-31-14-16-48-23-47(48)18-17-44(8)38(46(10)15-13-32(64-46)43(6,7)56)26(51)20-45(44,9)30(47)19-28(39(48)42(31,4)5)62-40-35(55)34(54)27(52)21-57-40/h11-12,26-32,34-41,51-52,54-56H,13-23H2,1-10H3/b12-11+/t26-,27+,28-,29+,30-,31-,32-,34-,35+,36-,37+,38-,39-,40-,41-,44+,45-,46+,47-,48+/m0/s1. The molecule has 5 saturated carbocycles. The Kier molecular flexibility index (Phi) is 12.4. The molecule has 3 aliphatic heterocycles. The molecular formula is C48H74O16. The SMILES string of the molecule is C/C=C/C(=O)O[C@@H]1CO[C@@H](O[C@H]2CC[C@]34C[C@]35CC[C@]3(C)[C@@H]([C@@]6(C)CC[C@@H](C(C)(C)O)O6)[C@@H](O)C[C@@]3(C)[C@@H]5C[C@H](O[C@@H]3OC[C@@H](O)[C@H](O)[C@H]3O)[C@H]4C2(C)C)[C@H](OC(C)=O)[C@H]1OC(C)=O. The molecule has 0 amide bonds. The molecule has 362 valence electrons. The summed E-state index contributed by atoms with van der Waals surface area (Å²) in [7, 11) is 0. The normalized spacial score (nSPS) is 50.7. The van der Waals surface area contributed by atoms with Crippen LogP contribution in [0.25, 0.3) is 0 Å². The fourth-order valence-corrected chi connectivity index (χ4v) is 15.6. The number of hydrogen-bond acceptors (Lipinski definition) is 16. The first-order valence-electron chi connectivity index (χ1n) is 23.6. The minimum atomic E-state index is -1.51. The second-order valence-electron chi connectivity index (χ2n) is 22.7. The summed E-state index contributed by atoms with van der Waals surface area (Å²) >= 11 is 0. The van der Waals surface area contributed by atoms with Crippen molar-refractivity contribution in [3.05, 3.63) is 12.2 Å². The Hall–Kier alpha value is -2.25. The molecule has 0 aromatic heterocycles. The monoisotopic (exact) mass is 906 g/mol. The average molecular weight is 907 g/mol. The zero-order valence-electron chi connectivity index (χ0n) is 39.3. The van der Waals surface area contributed by atoms with Crippen molar-refractivity contribution < 1.29 is 77.8 Å². The topological polar surface area (TPSA) is 226 Å². The average Bonchev–Trinajstić information content (AvgIpc) is 3.55. The summed E-state index contributed by atoms with van der Waals surface area (Å²) < 4.78 is 49.9. The zero-order chi connectivity index (χ0) is 46.7. The Morgan fingerprint density at radius 1 is 0.719 bits per heavy atom. The molecule has 0 unspecified atom stereocenters. The predicted molar refractivity (Wildman–Crippen MR) is 226 cm³/mol. The number of carbonyl (C=O) groups excluding carboxylic acids is 3. The number of aliphatic hydroxyl groups excluding tert-OH is 4. The van der Waals surface area contributed by atoms with Gasteiger partial charge in [-0.05, 0) is 124 Å². The van der Waals surface area contributed by atoms with Gasteiger partial charge in [-0.1, -0.05) is 33.8 Å². The molecule has 0 bridgehead atoms. The van der Waals surface area contributed by atoms with Gasteiger partial charge in [-0.3, -0.25) is 9.59 Å². The van der Waals surface area contributed by atoms with Gasteiger partial charge in [-0.2, -0.15) is 0 Å². The van der Waals surface area contributed by atoms with Crippen LogP contribution in [0.15, 0.2) is 12.2 Å². The van der Waals surface area contributed by atoms with Gasteiger partial charge in [0.05, 0.1) is 48.8 Å². The van der Waals surface area contributed by atoms with E-state index in [4.69, 9.17) is 37.9 Å². The van der Waals surface area contributed by atoms with Gasteiger partial charge in [0.15, 0.2) is 30.9 Å². The van der Waals surface area contributed by atoms with Crippen molar-refractivity contribution in [1.82, 2.24) is 0 Å². The molecule has 2 spiro atoms. The van der Waals surface area contributed by atoms with E-state index in [1.807, 2.05) is 0 Å². The van der Waals surface area contributed by atoms with E-state index in [-0.39, 0.29) is 58.7 Å². The van der Waals surface area contributed by atoms with Gasteiger partial charge in [0.25, 0.3) is 0 Å². The van der Waals surface area contributed by atoms with Crippen LogP contribution in [-0.4, -0.2) is 141 Å². The summed E-state index contributed by atoms with van der Waals surface area (Å²) in [6.45, 7) is 18.3. The minimum Gasteiger partial charge on any atom is -0.454 e. The van der Waals surface area contributed by atoms with E-state index in [1.54, 1.807) is 20.8 Å². The highest BCUT2D eigenvalue weighted by atomic mass is 16.7. The highest BCUT2D eigenvalue weighted by molar-refractivity contribution is 5.82. The Morgan fingerprint density at radius 2 is 1.39 bits per heavy atom. The molecule has 16 heteroatoms. The predicted octanol–water partition coefficient (Wildman–Crippen LogP) is 3.63. The van der Waals surface area contributed by atoms with Gasteiger partial charge >= 0.3 is 17.9 Å². The zero-order valence-corrected chi connectivity index (χ0v) is 39.3.